The van der Waals surface area contributed by atoms with Crippen molar-refractivity contribution in [3.63, 3.8) is 0 Å². The third kappa shape index (κ3) is 4.67. The summed E-state index contributed by atoms with van der Waals surface area (Å²) in [7, 11) is 0. The van der Waals surface area contributed by atoms with Crippen LogP contribution in [0.2, 0.25) is 0 Å². The van der Waals surface area contributed by atoms with Gasteiger partial charge in [-0.1, -0.05) is 31.0 Å². The van der Waals surface area contributed by atoms with Gasteiger partial charge < -0.3 is 17.6 Å². The fourth-order valence-corrected chi connectivity index (χ4v) is 3.14. The van der Waals surface area contributed by atoms with Gasteiger partial charge in [-0.15, -0.1) is 4.55 Å². The summed E-state index contributed by atoms with van der Waals surface area (Å²) in [5.41, 5.74) is 1.39. The van der Waals surface area contributed by atoms with Crippen LogP contribution in [0.15, 0.2) is 24.3 Å². The summed E-state index contributed by atoms with van der Waals surface area (Å²) in [5.74, 6) is 1.02. The van der Waals surface area contributed by atoms with Crippen molar-refractivity contribution in [3.8, 4) is 5.75 Å². The van der Waals surface area contributed by atoms with Gasteiger partial charge in [-0.05, 0) is 18.6 Å². The summed E-state index contributed by atoms with van der Waals surface area (Å²) in [6, 6.07) is 8.44. The van der Waals surface area contributed by atoms with Crippen LogP contribution in [0.4, 0.5) is 0 Å². The van der Waals surface area contributed by atoms with Crippen LogP contribution < -0.4 is 4.74 Å². The molecule has 0 heterocycles. The van der Waals surface area contributed by atoms with E-state index in [1.807, 2.05) is 6.07 Å². The molecule has 0 saturated carbocycles. The molecule has 0 spiro atoms. The first-order valence-electron chi connectivity index (χ1n) is 5.14. The van der Waals surface area contributed by atoms with E-state index in [-0.39, 0.29) is 18.2 Å². The van der Waals surface area contributed by atoms with Gasteiger partial charge in [0.2, 0.25) is 0 Å². The molecular weight excluding hydrogens is 252 g/mol. The van der Waals surface area contributed by atoms with Crippen molar-refractivity contribution in [1.82, 2.24) is 0 Å². The molecule has 1 rings (SSSR count). The van der Waals surface area contributed by atoms with Gasteiger partial charge in [0.15, 0.2) is 0 Å². The third-order valence-corrected chi connectivity index (χ3v) is 4.00. The maximum Gasteiger partial charge on any atom is 0.473 e. The minimum atomic E-state index is -0.0669. The standard InChI is InChI=1S/C11H15O.BrH.Mg/c1-3-4-8-12-11-7-5-6-10(2)9-11;;/h5-7,9H,2-4,8H2,1H3;1H;/q;;+1/p-1. The highest BCUT2D eigenvalue weighted by molar-refractivity contribution is 9.23. The van der Waals surface area contributed by atoms with E-state index in [0.29, 0.717) is 0 Å². The zero-order valence-corrected chi connectivity index (χ0v) is 11.6. The molecule has 0 aliphatic heterocycles. The fourth-order valence-electron chi connectivity index (χ4n) is 1.23. The molecule has 0 aliphatic rings. The van der Waals surface area contributed by atoms with Gasteiger partial charge in [0, 0.05) is 0 Å². The molecule has 0 aliphatic carbocycles. The summed E-state index contributed by atoms with van der Waals surface area (Å²) in [5, 5.41) is 0. The first kappa shape index (κ1) is 12.3. The number of hydrogen-bond acceptors (Lipinski definition) is 1. The molecule has 74 valence electrons. The van der Waals surface area contributed by atoms with E-state index >= 15 is 0 Å². The van der Waals surface area contributed by atoms with E-state index in [9.17, 15) is 0 Å². The second kappa shape index (κ2) is 7.54. The smallest absolute Gasteiger partial charge is 0.473 e. The first-order chi connectivity index (χ1) is 6.86. The Bertz CT molecular complexity index is 265. The van der Waals surface area contributed by atoms with Crippen molar-refractivity contribution in [2.24, 2.45) is 0 Å². The number of benzene rings is 1. The zero-order chi connectivity index (χ0) is 10.2. The lowest BCUT2D eigenvalue weighted by Gasteiger charge is -2.06. The van der Waals surface area contributed by atoms with Crippen molar-refractivity contribution in [2.75, 3.05) is 6.61 Å². The van der Waals surface area contributed by atoms with Crippen LogP contribution in [-0.2, 0) is 4.55 Å². The van der Waals surface area contributed by atoms with Crippen molar-refractivity contribution in [3.05, 3.63) is 29.8 Å². The van der Waals surface area contributed by atoms with Gasteiger partial charge in [0.05, 0.1) is 6.61 Å². The summed E-state index contributed by atoms with van der Waals surface area (Å²) < 4.78 is 6.83. The Morgan fingerprint density at radius 3 is 3.00 bits per heavy atom. The molecule has 3 heteroatoms. The van der Waals surface area contributed by atoms with Gasteiger partial charge in [-0.3, -0.25) is 0 Å². The van der Waals surface area contributed by atoms with Gasteiger partial charge in [0.25, 0.3) is 0 Å². The fraction of sp³-hybridized carbons (Fsp3) is 0.455. The predicted octanol–water partition coefficient (Wildman–Crippen LogP) is 3.38. The largest absolute Gasteiger partial charge is 0.494 e. The molecule has 0 saturated heterocycles. The van der Waals surface area contributed by atoms with E-state index in [1.54, 1.807) is 0 Å². The minimum Gasteiger partial charge on any atom is -0.494 e. The second-order valence-corrected chi connectivity index (χ2v) is 6.55. The SMILES string of the molecule is CCCCOc1cccc([CH2][Mg][Br])c1. The molecule has 0 amide bonds. The van der Waals surface area contributed by atoms with Crippen LogP contribution in [0, 0.1) is 0 Å². The van der Waals surface area contributed by atoms with Crippen LogP contribution >= 0.6 is 12.9 Å². The average Bonchev–Trinajstić information content (AvgIpc) is 2.19. The Balaban J connectivity index is 2.46. The zero-order valence-electron chi connectivity index (χ0n) is 8.63. The number of hydrogen-bond donors (Lipinski definition) is 0. The number of ether oxygens (including phenoxy) is 1. The van der Waals surface area contributed by atoms with Crippen molar-refractivity contribution < 1.29 is 4.74 Å². The first-order valence-corrected chi connectivity index (χ1v) is 10.0. The predicted molar refractivity (Wildman–Crippen MR) is 65.2 cm³/mol. The highest BCUT2D eigenvalue weighted by Crippen LogP contribution is 2.14. The van der Waals surface area contributed by atoms with Crippen LogP contribution in [0.5, 0.6) is 5.75 Å². The van der Waals surface area contributed by atoms with E-state index in [4.69, 9.17) is 4.74 Å². The van der Waals surface area contributed by atoms with Crippen molar-refractivity contribution in [2.45, 2.75) is 24.3 Å². The Kier molecular flexibility index (Phi) is 6.65. The normalized spacial score (nSPS) is 9.57. The number of rotatable bonds is 6. The average molecular weight is 267 g/mol. The van der Waals surface area contributed by atoms with E-state index in [0.717, 1.165) is 18.8 Å². The van der Waals surface area contributed by atoms with Gasteiger partial charge in [0.1, 0.15) is 5.75 Å². The molecule has 1 aromatic rings. The van der Waals surface area contributed by atoms with Crippen LogP contribution in [0.3, 0.4) is 0 Å². The Labute approximate surface area is 102 Å². The molecule has 0 fully saturated rings. The quantitative estimate of drug-likeness (QED) is 0.567. The van der Waals surface area contributed by atoms with Gasteiger partial charge >= 0.3 is 18.2 Å². The molecular formula is C11H15BrMgO. The maximum absolute atomic E-state index is 5.63. The van der Waals surface area contributed by atoms with Crippen molar-refractivity contribution >= 4 is 31.1 Å². The molecule has 14 heavy (non-hydrogen) atoms. The summed E-state index contributed by atoms with van der Waals surface area (Å²) >= 11 is 3.51. The second-order valence-electron chi connectivity index (χ2n) is 3.29. The molecule has 1 nitrogen and oxygen atoms in total. The van der Waals surface area contributed by atoms with Crippen LogP contribution in [-0.4, -0.2) is 24.8 Å². The Morgan fingerprint density at radius 2 is 2.29 bits per heavy atom. The number of halogens is 1. The minimum absolute atomic E-state index is 0.0669. The highest BCUT2D eigenvalue weighted by atomic mass is 79.9. The third-order valence-electron chi connectivity index (χ3n) is 2.05. The Hall–Kier alpha value is 0.266. The summed E-state index contributed by atoms with van der Waals surface area (Å²) in [6.45, 7) is 3.02. The molecule has 0 radical (unpaired) electrons. The molecule has 0 bridgehead atoms. The van der Waals surface area contributed by atoms with E-state index < -0.39 is 0 Å². The lowest BCUT2D eigenvalue weighted by molar-refractivity contribution is 0.309. The topological polar surface area (TPSA) is 9.23 Å². The molecule has 0 N–H and O–H groups in total. The Morgan fingerprint density at radius 1 is 1.43 bits per heavy atom. The lowest BCUT2D eigenvalue weighted by Crippen LogP contribution is -1.97. The molecule has 1 aromatic carbocycles. The molecule has 0 aromatic heterocycles. The van der Waals surface area contributed by atoms with Crippen LogP contribution in [0.25, 0.3) is 0 Å². The van der Waals surface area contributed by atoms with E-state index in [1.165, 1.54) is 16.5 Å². The number of unbranched alkanes of at least 4 members (excludes halogenated alkanes) is 1. The molecule has 0 unspecified atom stereocenters. The maximum atomic E-state index is 5.63. The molecule has 0 atom stereocenters. The van der Waals surface area contributed by atoms with E-state index in [2.05, 4.69) is 38.0 Å². The van der Waals surface area contributed by atoms with Crippen molar-refractivity contribution in [1.29, 1.82) is 0 Å². The lowest BCUT2D eigenvalue weighted by atomic mass is 10.2. The van der Waals surface area contributed by atoms with Gasteiger partial charge in [-0.2, -0.15) is 0 Å². The highest BCUT2D eigenvalue weighted by Gasteiger charge is 1.97. The summed E-state index contributed by atoms with van der Waals surface area (Å²) in [4.78, 5) is 0. The summed E-state index contributed by atoms with van der Waals surface area (Å²) in [6.07, 6.45) is 2.32. The van der Waals surface area contributed by atoms with Crippen LogP contribution in [0.1, 0.15) is 25.3 Å². The van der Waals surface area contributed by atoms with Gasteiger partial charge in [-0.25, -0.2) is 0 Å². The monoisotopic (exact) mass is 266 g/mol.